The predicted molar refractivity (Wildman–Crippen MR) is 114 cm³/mol. The maximum Gasteiger partial charge on any atom is 0.231 e. The Kier molecular flexibility index (Phi) is 6.86. The minimum Gasteiger partial charge on any atom is -0.454 e. The van der Waals surface area contributed by atoms with Gasteiger partial charge in [0.1, 0.15) is 0 Å². The monoisotopic (exact) mass is 472 g/mol. The first kappa shape index (κ1) is 19.5. The lowest BCUT2D eigenvalue weighted by atomic mass is 10.2. The smallest absolute Gasteiger partial charge is 0.231 e. The van der Waals surface area contributed by atoms with Crippen molar-refractivity contribution >= 4 is 29.9 Å². The van der Waals surface area contributed by atoms with Crippen molar-refractivity contribution in [3.8, 4) is 11.5 Å². The molecule has 2 heterocycles. The molecule has 0 radical (unpaired) electrons. The van der Waals surface area contributed by atoms with Gasteiger partial charge in [-0.05, 0) is 25.3 Å². The van der Waals surface area contributed by atoms with Gasteiger partial charge in [-0.3, -0.25) is 9.89 Å². The number of aliphatic imine (C=N–C) groups is 1. The van der Waals surface area contributed by atoms with Crippen LogP contribution in [0.2, 0.25) is 0 Å². The highest BCUT2D eigenvalue weighted by atomic mass is 127. The third kappa shape index (κ3) is 4.36. The van der Waals surface area contributed by atoms with Crippen LogP contribution in [0, 0.1) is 0 Å². The number of benzene rings is 1. The Morgan fingerprint density at radius 1 is 1.23 bits per heavy atom. The van der Waals surface area contributed by atoms with Gasteiger partial charge >= 0.3 is 0 Å². The first-order valence-corrected chi connectivity index (χ1v) is 9.42. The summed E-state index contributed by atoms with van der Waals surface area (Å²) in [7, 11) is 1.83. The standard InChI is InChI=1S/C19H28N4O2.HI/c1-20-19(21-11-14-5-4-8-17-18(14)25-13-24-17)22-15-9-10-23(12-15)16-6-2-3-7-16;/h4-5,8,15-16H,2-3,6-7,9-13H2,1H3,(H2,20,21,22);1H. The second-order valence-electron chi connectivity index (χ2n) is 7.14. The first-order chi connectivity index (χ1) is 12.3. The molecule has 1 saturated heterocycles. The molecule has 3 aliphatic rings. The van der Waals surface area contributed by atoms with Crippen molar-refractivity contribution in [1.82, 2.24) is 15.5 Å². The van der Waals surface area contributed by atoms with E-state index < -0.39 is 0 Å². The van der Waals surface area contributed by atoms with E-state index in [1.54, 1.807) is 0 Å². The van der Waals surface area contributed by atoms with Crippen molar-refractivity contribution in [3.63, 3.8) is 0 Å². The van der Waals surface area contributed by atoms with Crippen LogP contribution in [0.15, 0.2) is 23.2 Å². The zero-order valence-electron chi connectivity index (χ0n) is 15.4. The molecule has 2 N–H and O–H groups in total. The van der Waals surface area contributed by atoms with E-state index in [2.05, 4.69) is 26.6 Å². The minimum absolute atomic E-state index is 0. The number of nitrogens with one attached hydrogen (secondary N) is 2. The number of hydrogen-bond donors (Lipinski definition) is 2. The van der Waals surface area contributed by atoms with E-state index in [0.717, 1.165) is 35.6 Å². The highest BCUT2D eigenvalue weighted by Crippen LogP contribution is 2.35. The molecule has 0 spiro atoms. The van der Waals surface area contributed by atoms with Gasteiger partial charge in [-0.1, -0.05) is 25.0 Å². The first-order valence-electron chi connectivity index (χ1n) is 9.42. The van der Waals surface area contributed by atoms with Crippen molar-refractivity contribution in [2.24, 2.45) is 4.99 Å². The Hall–Kier alpha value is -1.22. The van der Waals surface area contributed by atoms with Gasteiger partial charge in [0.05, 0.1) is 0 Å². The highest BCUT2D eigenvalue weighted by molar-refractivity contribution is 14.0. The van der Waals surface area contributed by atoms with Crippen LogP contribution in [0.5, 0.6) is 11.5 Å². The summed E-state index contributed by atoms with van der Waals surface area (Å²) in [5.74, 6) is 2.53. The predicted octanol–water partition coefficient (Wildman–Crippen LogP) is 2.72. The summed E-state index contributed by atoms with van der Waals surface area (Å²) in [5, 5.41) is 6.99. The summed E-state index contributed by atoms with van der Waals surface area (Å²) in [5.41, 5.74) is 1.09. The summed E-state index contributed by atoms with van der Waals surface area (Å²) in [6.45, 7) is 3.31. The van der Waals surface area contributed by atoms with Gasteiger partial charge in [-0.15, -0.1) is 24.0 Å². The molecule has 1 saturated carbocycles. The van der Waals surface area contributed by atoms with E-state index in [-0.39, 0.29) is 24.0 Å². The van der Waals surface area contributed by atoms with Crippen molar-refractivity contribution in [2.45, 2.75) is 50.7 Å². The third-order valence-corrected chi connectivity index (χ3v) is 5.55. The molecule has 1 unspecified atom stereocenters. The summed E-state index contributed by atoms with van der Waals surface area (Å²) in [6.07, 6.45) is 6.74. The van der Waals surface area contributed by atoms with Crippen LogP contribution in [0.4, 0.5) is 0 Å². The van der Waals surface area contributed by atoms with Crippen LogP contribution in [0.25, 0.3) is 0 Å². The van der Waals surface area contributed by atoms with Crippen LogP contribution in [0.1, 0.15) is 37.7 Å². The number of fused-ring (bicyclic) bond motifs is 1. The minimum atomic E-state index is 0. The van der Waals surface area contributed by atoms with E-state index in [0.29, 0.717) is 19.4 Å². The van der Waals surface area contributed by atoms with E-state index in [4.69, 9.17) is 9.47 Å². The second-order valence-corrected chi connectivity index (χ2v) is 7.14. The molecule has 0 amide bonds. The lowest BCUT2D eigenvalue weighted by Crippen LogP contribution is -2.45. The molecule has 1 aromatic rings. The Morgan fingerprint density at radius 3 is 2.88 bits per heavy atom. The molecule has 1 aliphatic carbocycles. The number of rotatable bonds is 4. The second kappa shape index (κ2) is 9.12. The van der Waals surface area contributed by atoms with Gasteiger partial charge in [-0.2, -0.15) is 0 Å². The topological polar surface area (TPSA) is 58.1 Å². The number of halogens is 1. The fourth-order valence-corrected chi connectivity index (χ4v) is 4.20. The Labute approximate surface area is 172 Å². The van der Waals surface area contributed by atoms with Crippen LogP contribution >= 0.6 is 24.0 Å². The molecule has 1 atom stereocenters. The fraction of sp³-hybridized carbons (Fsp3) is 0.632. The normalized spacial score (nSPS) is 23.1. The quantitative estimate of drug-likeness (QED) is 0.401. The molecule has 26 heavy (non-hydrogen) atoms. The molecule has 4 rings (SSSR count). The van der Waals surface area contributed by atoms with Crippen molar-refractivity contribution in [2.75, 3.05) is 26.9 Å². The largest absolute Gasteiger partial charge is 0.454 e. The van der Waals surface area contributed by atoms with Gasteiger partial charge in [0.25, 0.3) is 0 Å². The SMILES string of the molecule is CN=C(NCc1cccc2c1OCO2)NC1CCN(C2CCCC2)C1.I. The van der Waals surface area contributed by atoms with Gasteiger partial charge in [-0.25, -0.2) is 0 Å². The molecular formula is C19H29IN4O2. The number of likely N-dealkylation sites (tertiary alicyclic amines) is 1. The summed E-state index contributed by atoms with van der Waals surface area (Å²) < 4.78 is 11.0. The molecule has 1 aromatic carbocycles. The number of hydrogen-bond acceptors (Lipinski definition) is 4. The number of para-hydroxylation sites is 1. The van der Waals surface area contributed by atoms with Crippen LogP contribution in [0.3, 0.4) is 0 Å². The van der Waals surface area contributed by atoms with E-state index >= 15 is 0 Å². The molecular weight excluding hydrogens is 443 g/mol. The average Bonchev–Trinajstić information content (AvgIpc) is 3.39. The summed E-state index contributed by atoms with van der Waals surface area (Å²) in [4.78, 5) is 7.05. The molecule has 2 fully saturated rings. The summed E-state index contributed by atoms with van der Waals surface area (Å²) in [6, 6.07) is 7.29. The van der Waals surface area contributed by atoms with E-state index in [9.17, 15) is 0 Å². The van der Waals surface area contributed by atoms with E-state index in [1.165, 1.54) is 38.6 Å². The maximum atomic E-state index is 5.57. The molecule has 0 bridgehead atoms. The Bertz CT molecular complexity index is 634. The lowest BCUT2D eigenvalue weighted by molar-refractivity contribution is 0.173. The number of ether oxygens (including phenoxy) is 2. The Morgan fingerprint density at radius 2 is 2.08 bits per heavy atom. The summed E-state index contributed by atoms with van der Waals surface area (Å²) >= 11 is 0. The van der Waals surface area contributed by atoms with Crippen molar-refractivity contribution in [1.29, 1.82) is 0 Å². The maximum absolute atomic E-state index is 5.57. The van der Waals surface area contributed by atoms with Gasteiger partial charge in [0.2, 0.25) is 6.79 Å². The number of guanidine groups is 1. The molecule has 144 valence electrons. The van der Waals surface area contributed by atoms with Crippen molar-refractivity contribution < 1.29 is 9.47 Å². The number of nitrogens with zero attached hydrogens (tertiary/aromatic N) is 2. The van der Waals surface area contributed by atoms with Crippen LogP contribution < -0.4 is 20.1 Å². The Balaban J connectivity index is 0.00000196. The lowest BCUT2D eigenvalue weighted by Gasteiger charge is -2.24. The average molecular weight is 472 g/mol. The van der Waals surface area contributed by atoms with Crippen LogP contribution in [-0.2, 0) is 6.54 Å². The third-order valence-electron chi connectivity index (χ3n) is 5.55. The molecule has 0 aromatic heterocycles. The van der Waals surface area contributed by atoms with Crippen LogP contribution in [-0.4, -0.2) is 49.9 Å². The van der Waals surface area contributed by atoms with Gasteiger partial charge < -0.3 is 20.1 Å². The fourth-order valence-electron chi connectivity index (χ4n) is 4.20. The zero-order valence-corrected chi connectivity index (χ0v) is 17.7. The molecule has 2 aliphatic heterocycles. The molecule has 7 heteroatoms. The molecule has 6 nitrogen and oxygen atoms in total. The van der Waals surface area contributed by atoms with E-state index in [1.807, 2.05) is 19.2 Å². The zero-order chi connectivity index (χ0) is 17.1. The van der Waals surface area contributed by atoms with Gasteiger partial charge in [0, 0.05) is 44.3 Å². The van der Waals surface area contributed by atoms with Crippen molar-refractivity contribution in [3.05, 3.63) is 23.8 Å². The highest BCUT2D eigenvalue weighted by Gasteiger charge is 2.30. The van der Waals surface area contributed by atoms with Gasteiger partial charge in [0.15, 0.2) is 17.5 Å².